The van der Waals surface area contributed by atoms with Gasteiger partial charge in [-0.2, -0.15) is 0 Å². The summed E-state index contributed by atoms with van der Waals surface area (Å²) < 4.78 is 5.95. The van der Waals surface area contributed by atoms with Gasteiger partial charge in [-0.05, 0) is 56.9 Å². The van der Waals surface area contributed by atoms with Crippen molar-refractivity contribution in [3.8, 4) is 17.0 Å². The number of aryl methyl sites for hydroxylation is 1. The first-order valence-electron chi connectivity index (χ1n) is 6.72. The van der Waals surface area contributed by atoms with Gasteiger partial charge in [0.1, 0.15) is 16.4 Å². The lowest BCUT2D eigenvalue weighted by molar-refractivity contribution is 0.210. The molecule has 0 radical (unpaired) electrons. The van der Waals surface area contributed by atoms with Crippen LogP contribution in [0.2, 0.25) is 0 Å². The molecule has 1 aliphatic rings. The number of hydrogen-bond acceptors (Lipinski definition) is 4. The van der Waals surface area contributed by atoms with Crippen LogP contribution in [0.4, 0.5) is 5.00 Å². The van der Waals surface area contributed by atoms with E-state index in [1.165, 1.54) is 37.0 Å². The van der Waals surface area contributed by atoms with E-state index in [4.69, 9.17) is 10.5 Å². The van der Waals surface area contributed by atoms with Crippen molar-refractivity contribution in [2.24, 2.45) is 0 Å². The number of nitrogen functional groups attached to an aromatic ring is 1. The third kappa shape index (κ3) is 2.73. The molecule has 100 valence electrons. The Morgan fingerprint density at radius 1 is 1.21 bits per heavy atom. The predicted molar refractivity (Wildman–Crippen MR) is 79.6 cm³/mol. The Labute approximate surface area is 117 Å². The van der Waals surface area contributed by atoms with E-state index in [-0.39, 0.29) is 0 Å². The number of aromatic nitrogens is 1. The number of ether oxygens (including phenoxy) is 1. The number of nitrogens with zero attached hydrogens (tertiary/aromatic N) is 1. The van der Waals surface area contributed by atoms with Crippen LogP contribution in [0, 0.1) is 6.92 Å². The van der Waals surface area contributed by atoms with Crippen LogP contribution in [-0.2, 0) is 0 Å². The summed E-state index contributed by atoms with van der Waals surface area (Å²) in [6, 6.07) is 8.10. The monoisotopic (exact) mass is 274 g/mol. The van der Waals surface area contributed by atoms with Crippen molar-refractivity contribution in [3.63, 3.8) is 0 Å². The topological polar surface area (TPSA) is 48.1 Å². The highest BCUT2D eigenvalue weighted by Gasteiger charge is 2.16. The van der Waals surface area contributed by atoms with Crippen LogP contribution < -0.4 is 10.5 Å². The van der Waals surface area contributed by atoms with E-state index in [0.717, 1.165) is 27.0 Å². The summed E-state index contributed by atoms with van der Waals surface area (Å²) in [5.41, 5.74) is 7.91. The minimum absolute atomic E-state index is 0.400. The standard InChI is InChI=1S/C15H18N2OS/c1-10-17-14(15(16)19-10)11-6-8-13(9-7-11)18-12-4-2-3-5-12/h6-9,12H,2-5,16H2,1H3. The number of thiazole rings is 1. The molecule has 1 aromatic carbocycles. The minimum atomic E-state index is 0.400. The fourth-order valence-corrected chi connectivity index (χ4v) is 3.26. The van der Waals surface area contributed by atoms with Gasteiger partial charge >= 0.3 is 0 Å². The van der Waals surface area contributed by atoms with E-state index < -0.39 is 0 Å². The molecule has 2 aromatic rings. The lowest BCUT2D eigenvalue weighted by Gasteiger charge is -2.13. The Balaban J connectivity index is 1.76. The summed E-state index contributed by atoms with van der Waals surface area (Å²) in [6.07, 6.45) is 5.34. The molecule has 1 saturated carbocycles. The Bertz CT molecular complexity index is 556. The zero-order valence-corrected chi connectivity index (χ0v) is 11.9. The van der Waals surface area contributed by atoms with Crippen LogP contribution in [-0.4, -0.2) is 11.1 Å². The number of rotatable bonds is 3. The summed E-state index contributed by atoms with van der Waals surface area (Å²) in [5, 5.41) is 1.78. The van der Waals surface area contributed by atoms with E-state index in [0.29, 0.717) is 6.10 Å². The van der Waals surface area contributed by atoms with Gasteiger partial charge < -0.3 is 10.5 Å². The van der Waals surface area contributed by atoms with E-state index in [9.17, 15) is 0 Å². The lowest BCUT2D eigenvalue weighted by atomic mass is 10.1. The van der Waals surface area contributed by atoms with Crippen molar-refractivity contribution in [2.45, 2.75) is 38.7 Å². The first-order valence-corrected chi connectivity index (χ1v) is 7.54. The van der Waals surface area contributed by atoms with Crippen molar-refractivity contribution in [3.05, 3.63) is 29.3 Å². The molecule has 0 aliphatic heterocycles. The van der Waals surface area contributed by atoms with Gasteiger partial charge in [0.25, 0.3) is 0 Å². The summed E-state index contributed by atoms with van der Waals surface area (Å²) >= 11 is 1.53. The molecule has 19 heavy (non-hydrogen) atoms. The maximum Gasteiger partial charge on any atom is 0.119 e. The fourth-order valence-electron chi connectivity index (χ4n) is 2.54. The molecule has 0 saturated heterocycles. The Hall–Kier alpha value is -1.55. The summed E-state index contributed by atoms with van der Waals surface area (Å²) in [6.45, 7) is 1.97. The average molecular weight is 274 g/mol. The molecule has 1 aliphatic carbocycles. The second-order valence-electron chi connectivity index (χ2n) is 4.99. The second-order valence-corrected chi connectivity index (χ2v) is 6.23. The average Bonchev–Trinajstić information content (AvgIpc) is 3.00. The van der Waals surface area contributed by atoms with Crippen molar-refractivity contribution in [2.75, 3.05) is 5.73 Å². The molecule has 1 fully saturated rings. The molecular weight excluding hydrogens is 256 g/mol. The predicted octanol–water partition coefficient (Wildman–Crippen LogP) is 4.02. The smallest absolute Gasteiger partial charge is 0.119 e. The minimum Gasteiger partial charge on any atom is -0.490 e. The van der Waals surface area contributed by atoms with Gasteiger partial charge in [-0.1, -0.05) is 0 Å². The summed E-state index contributed by atoms with van der Waals surface area (Å²) in [7, 11) is 0. The highest BCUT2D eigenvalue weighted by Crippen LogP contribution is 2.32. The lowest BCUT2D eigenvalue weighted by Crippen LogP contribution is -2.10. The molecule has 1 heterocycles. The van der Waals surface area contributed by atoms with E-state index in [1.807, 2.05) is 31.2 Å². The molecular formula is C15H18N2OS. The zero-order chi connectivity index (χ0) is 13.2. The van der Waals surface area contributed by atoms with Gasteiger partial charge in [-0.3, -0.25) is 0 Å². The third-order valence-corrected chi connectivity index (χ3v) is 4.29. The molecule has 3 rings (SSSR count). The zero-order valence-electron chi connectivity index (χ0n) is 11.1. The third-order valence-electron chi connectivity index (χ3n) is 3.49. The van der Waals surface area contributed by atoms with Gasteiger partial charge in [0.15, 0.2) is 0 Å². The second kappa shape index (κ2) is 5.21. The van der Waals surface area contributed by atoms with E-state index in [1.54, 1.807) is 0 Å². The molecule has 0 atom stereocenters. The highest BCUT2D eigenvalue weighted by atomic mass is 32.1. The van der Waals surface area contributed by atoms with E-state index >= 15 is 0 Å². The van der Waals surface area contributed by atoms with Crippen molar-refractivity contribution in [1.82, 2.24) is 4.98 Å². The number of hydrogen-bond donors (Lipinski definition) is 1. The van der Waals surface area contributed by atoms with Crippen LogP contribution in [0.1, 0.15) is 30.7 Å². The van der Waals surface area contributed by atoms with Crippen LogP contribution in [0.5, 0.6) is 5.75 Å². The molecule has 0 bridgehead atoms. The molecule has 2 N–H and O–H groups in total. The normalized spacial score (nSPS) is 15.8. The summed E-state index contributed by atoms with van der Waals surface area (Å²) in [4.78, 5) is 4.47. The van der Waals surface area contributed by atoms with Gasteiger partial charge in [0.05, 0.1) is 11.1 Å². The maximum absolute atomic E-state index is 5.97. The van der Waals surface area contributed by atoms with Gasteiger partial charge in [-0.25, -0.2) is 4.98 Å². The first-order chi connectivity index (χ1) is 9.22. The molecule has 0 amide bonds. The largest absolute Gasteiger partial charge is 0.490 e. The SMILES string of the molecule is Cc1nc(-c2ccc(OC3CCCC3)cc2)c(N)s1. The Kier molecular flexibility index (Phi) is 3.42. The van der Waals surface area contributed by atoms with Crippen molar-refractivity contribution >= 4 is 16.3 Å². The van der Waals surface area contributed by atoms with Crippen LogP contribution in [0.15, 0.2) is 24.3 Å². The van der Waals surface area contributed by atoms with E-state index in [2.05, 4.69) is 4.98 Å². The van der Waals surface area contributed by atoms with Gasteiger partial charge in [0, 0.05) is 5.56 Å². The molecule has 0 spiro atoms. The fraction of sp³-hybridized carbons (Fsp3) is 0.400. The molecule has 4 heteroatoms. The molecule has 1 aromatic heterocycles. The Morgan fingerprint density at radius 3 is 2.47 bits per heavy atom. The Morgan fingerprint density at radius 2 is 1.89 bits per heavy atom. The number of anilines is 1. The first kappa shape index (κ1) is 12.5. The van der Waals surface area contributed by atoms with Crippen LogP contribution >= 0.6 is 11.3 Å². The van der Waals surface area contributed by atoms with Gasteiger partial charge in [-0.15, -0.1) is 11.3 Å². The number of benzene rings is 1. The summed E-state index contributed by atoms with van der Waals surface area (Å²) in [5.74, 6) is 0.946. The van der Waals surface area contributed by atoms with Crippen LogP contribution in [0.25, 0.3) is 11.3 Å². The van der Waals surface area contributed by atoms with Crippen LogP contribution in [0.3, 0.4) is 0 Å². The number of nitrogens with two attached hydrogens (primary N) is 1. The maximum atomic E-state index is 5.97. The molecule has 0 unspecified atom stereocenters. The quantitative estimate of drug-likeness (QED) is 0.919. The highest BCUT2D eigenvalue weighted by molar-refractivity contribution is 7.16. The van der Waals surface area contributed by atoms with Crippen molar-refractivity contribution < 1.29 is 4.74 Å². The van der Waals surface area contributed by atoms with Crippen molar-refractivity contribution in [1.29, 1.82) is 0 Å². The molecule has 3 nitrogen and oxygen atoms in total. The van der Waals surface area contributed by atoms with Gasteiger partial charge in [0.2, 0.25) is 0 Å².